The Labute approximate surface area is 103 Å². The lowest BCUT2D eigenvalue weighted by Gasteiger charge is -2.19. The molecule has 0 saturated heterocycles. The van der Waals surface area contributed by atoms with Crippen LogP contribution in [0.4, 0.5) is 13.2 Å². The number of rotatable bonds is 2. The van der Waals surface area contributed by atoms with Crippen LogP contribution in [0.5, 0.6) is 0 Å². The lowest BCUT2D eigenvalue weighted by molar-refractivity contribution is -0.148. The van der Waals surface area contributed by atoms with Crippen LogP contribution in [0.15, 0.2) is 36.4 Å². The average molecular weight is 253 g/mol. The van der Waals surface area contributed by atoms with Gasteiger partial charge in [0.05, 0.1) is 0 Å². The molecule has 0 bridgehead atoms. The third kappa shape index (κ3) is 2.34. The van der Waals surface area contributed by atoms with Crippen LogP contribution in [0.2, 0.25) is 0 Å². The van der Waals surface area contributed by atoms with Crippen LogP contribution in [0.3, 0.4) is 0 Å². The quantitative estimate of drug-likeness (QED) is 0.861. The van der Waals surface area contributed by atoms with Gasteiger partial charge in [0, 0.05) is 0 Å². The highest BCUT2D eigenvalue weighted by Gasteiger charge is 2.38. The van der Waals surface area contributed by atoms with Crippen molar-refractivity contribution in [1.82, 2.24) is 0 Å². The zero-order valence-electron chi connectivity index (χ0n) is 9.96. The normalized spacial score (nSPS) is 13.8. The molecule has 2 aromatic rings. The number of nitrogens with two attached hydrogens (primary N) is 1. The molecule has 2 rings (SSSR count). The standard InChI is InChI=1S/C14H14F3N/c1-2-9-7-10-5-3-4-6-11(10)12(8-9)13(18)14(15,16)17/h3-8,13H,2,18H2,1H3/t13-/m0/s1. The van der Waals surface area contributed by atoms with Gasteiger partial charge in [0.2, 0.25) is 0 Å². The smallest absolute Gasteiger partial charge is 0.316 e. The molecule has 0 aromatic heterocycles. The van der Waals surface area contributed by atoms with Crippen molar-refractivity contribution in [3.8, 4) is 0 Å². The lowest BCUT2D eigenvalue weighted by atomic mass is 9.95. The van der Waals surface area contributed by atoms with Crippen molar-refractivity contribution in [2.75, 3.05) is 0 Å². The van der Waals surface area contributed by atoms with Crippen LogP contribution in [0, 0.1) is 0 Å². The molecule has 0 amide bonds. The molecule has 2 aromatic carbocycles. The Balaban J connectivity index is 2.68. The molecule has 2 N–H and O–H groups in total. The second-order valence-corrected chi connectivity index (χ2v) is 4.28. The summed E-state index contributed by atoms with van der Waals surface area (Å²) in [7, 11) is 0. The highest BCUT2D eigenvalue weighted by molar-refractivity contribution is 5.87. The van der Waals surface area contributed by atoms with Gasteiger partial charge in [-0.15, -0.1) is 0 Å². The minimum Gasteiger partial charge on any atom is -0.316 e. The summed E-state index contributed by atoms with van der Waals surface area (Å²) < 4.78 is 38.3. The van der Waals surface area contributed by atoms with E-state index in [1.165, 1.54) is 0 Å². The van der Waals surface area contributed by atoms with Gasteiger partial charge in [-0.05, 0) is 28.3 Å². The summed E-state index contributed by atoms with van der Waals surface area (Å²) in [5.74, 6) is 0. The van der Waals surface area contributed by atoms with E-state index in [1.807, 2.05) is 19.1 Å². The van der Waals surface area contributed by atoms with Gasteiger partial charge < -0.3 is 5.73 Å². The third-order valence-electron chi connectivity index (χ3n) is 3.05. The number of fused-ring (bicyclic) bond motifs is 1. The fourth-order valence-corrected chi connectivity index (χ4v) is 2.04. The summed E-state index contributed by atoms with van der Waals surface area (Å²) in [5.41, 5.74) is 6.35. The number of alkyl halides is 3. The van der Waals surface area contributed by atoms with Gasteiger partial charge in [0.15, 0.2) is 0 Å². The molecule has 4 heteroatoms. The minimum atomic E-state index is -4.42. The maximum Gasteiger partial charge on any atom is 0.407 e. The maximum absolute atomic E-state index is 12.8. The van der Waals surface area contributed by atoms with Crippen molar-refractivity contribution >= 4 is 10.8 Å². The first kappa shape index (κ1) is 12.9. The van der Waals surface area contributed by atoms with E-state index in [0.717, 1.165) is 10.9 Å². The van der Waals surface area contributed by atoms with Crippen molar-refractivity contribution in [1.29, 1.82) is 0 Å². The van der Waals surface area contributed by atoms with Crippen LogP contribution in [0.1, 0.15) is 24.1 Å². The van der Waals surface area contributed by atoms with Gasteiger partial charge in [-0.2, -0.15) is 13.2 Å². The molecule has 96 valence electrons. The number of benzene rings is 2. The van der Waals surface area contributed by atoms with Crippen LogP contribution in [-0.2, 0) is 6.42 Å². The van der Waals surface area contributed by atoms with Gasteiger partial charge in [0.1, 0.15) is 6.04 Å². The van der Waals surface area contributed by atoms with Gasteiger partial charge in [-0.1, -0.05) is 43.3 Å². The van der Waals surface area contributed by atoms with Gasteiger partial charge in [-0.3, -0.25) is 0 Å². The monoisotopic (exact) mass is 253 g/mol. The third-order valence-corrected chi connectivity index (χ3v) is 3.05. The first-order valence-corrected chi connectivity index (χ1v) is 5.77. The second-order valence-electron chi connectivity index (χ2n) is 4.28. The largest absolute Gasteiger partial charge is 0.407 e. The molecule has 1 nitrogen and oxygen atoms in total. The van der Waals surface area contributed by atoms with E-state index in [1.54, 1.807) is 24.3 Å². The highest BCUT2D eigenvalue weighted by Crippen LogP contribution is 2.35. The Morgan fingerprint density at radius 1 is 1.17 bits per heavy atom. The molecule has 1 atom stereocenters. The molecule has 0 fully saturated rings. The Morgan fingerprint density at radius 3 is 2.44 bits per heavy atom. The van der Waals surface area contributed by atoms with Crippen molar-refractivity contribution in [2.24, 2.45) is 5.73 Å². The summed E-state index contributed by atoms with van der Waals surface area (Å²) in [6.45, 7) is 1.91. The first-order chi connectivity index (χ1) is 8.43. The Hall–Kier alpha value is -1.55. The molecule has 0 heterocycles. The SMILES string of the molecule is CCc1cc([C@H](N)C(F)(F)F)c2ccccc2c1. The van der Waals surface area contributed by atoms with E-state index in [0.29, 0.717) is 11.8 Å². The van der Waals surface area contributed by atoms with E-state index in [9.17, 15) is 13.2 Å². The Bertz CT molecular complexity index is 560. The Morgan fingerprint density at radius 2 is 1.83 bits per heavy atom. The summed E-state index contributed by atoms with van der Waals surface area (Å²) in [6, 6.07) is 8.54. The molecule has 0 radical (unpaired) electrons. The molecule has 0 spiro atoms. The second kappa shape index (κ2) is 4.61. The summed E-state index contributed by atoms with van der Waals surface area (Å²) in [5, 5.41) is 1.37. The molecule has 18 heavy (non-hydrogen) atoms. The van der Waals surface area contributed by atoms with Crippen LogP contribution < -0.4 is 5.73 Å². The van der Waals surface area contributed by atoms with Gasteiger partial charge >= 0.3 is 6.18 Å². The maximum atomic E-state index is 12.8. The zero-order valence-corrected chi connectivity index (χ0v) is 9.96. The first-order valence-electron chi connectivity index (χ1n) is 5.77. The fraction of sp³-hybridized carbons (Fsp3) is 0.286. The van der Waals surface area contributed by atoms with Crippen molar-refractivity contribution in [3.63, 3.8) is 0 Å². The zero-order chi connectivity index (χ0) is 13.3. The van der Waals surface area contributed by atoms with E-state index < -0.39 is 12.2 Å². The van der Waals surface area contributed by atoms with Crippen LogP contribution in [-0.4, -0.2) is 6.18 Å². The van der Waals surface area contributed by atoms with Crippen molar-refractivity contribution in [3.05, 3.63) is 47.5 Å². The molecular formula is C14H14F3N. The number of halogens is 3. The van der Waals surface area contributed by atoms with Gasteiger partial charge in [-0.25, -0.2) is 0 Å². The predicted octanol–water partition coefficient (Wildman–Crippen LogP) is 3.96. The van der Waals surface area contributed by atoms with Crippen molar-refractivity contribution < 1.29 is 13.2 Å². The summed E-state index contributed by atoms with van der Waals surface area (Å²) in [6.07, 6.45) is -3.74. The number of aryl methyl sites for hydroxylation is 1. The Kier molecular flexibility index (Phi) is 3.30. The molecule has 0 aliphatic rings. The van der Waals surface area contributed by atoms with Crippen molar-refractivity contribution in [2.45, 2.75) is 25.6 Å². The topological polar surface area (TPSA) is 26.0 Å². The van der Waals surface area contributed by atoms with Gasteiger partial charge in [0.25, 0.3) is 0 Å². The van der Waals surface area contributed by atoms with E-state index in [4.69, 9.17) is 5.73 Å². The molecule has 0 aliphatic heterocycles. The molecule has 0 aliphatic carbocycles. The lowest BCUT2D eigenvalue weighted by Crippen LogP contribution is -2.28. The minimum absolute atomic E-state index is 0.150. The van der Waals surface area contributed by atoms with E-state index in [-0.39, 0.29) is 5.56 Å². The highest BCUT2D eigenvalue weighted by atomic mass is 19.4. The van der Waals surface area contributed by atoms with E-state index in [2.05, 4.69) is 0 Å². The average Bonchev–Trinajstić information content (AvgIpc) is 2.35. The number of hydrogen-bond acceptors (Lipinski definition) is 1. The predicted molar refractivity (Wildman–Crippen MR) is 66.3 cm³/mol. The molecular weight excluding hydrogens is 239 g/mol. The number of hydrogen-bond donors (Lipinski definition) is 1. The molecule has 0 unspecified atom stereocenters. The molecule has 0 saturated carbocycles. The van der Waals surface area contributed by atoms with E-state index >= 15 is 0 Å². The summed E-state index contributed by atoms with van der Waals surface area (Å²) in [4.78, 5) is 0. The van der Waals surface area contributed by atoms with Crippen LogP contribution in [0.25, 0.3) is 10.8 Å². The fourth-order valence-electron chi connectivity index (χ4n) is 2.04. The summed E-state index contributed by atoms with van der Waals surface area (Å²) >= 11 is 0. The van der Waals surface area contributed by atoms with Crippen LogP contribution >= 0.6 is 0 Å².